The van der Waals surface area contributed by atoms with Gasteiger partial charge in [0.2, 0.25) is 0 Å². The van der Waals surface area contributed by atoms with Crippen molar-refractivity contribution < 1.29 is 4.74 Å². The number of nitrogens with two attached hydrogens (primary N) is 1. The molecule has 0 bridgehead atoms. The summed E-state index contributed by atoms with van der Waals surface area (Å²) in [6.07, 6.45) is 0. The summed E-state index contributed by atoms with van der Waals surface area (Å²) < 4.78 is 6.79. The Bertz CT molecular complexity index is 508. The third-order valence-electron chi connectivity index (χ3n) is 2.70. The first-order valence-corrected chi connectivity index (χ1v) is 6.67. The molecule has 0 unspecified atom stereocenters. The lowest BCUT2D eigenvalue weighted by Gasteiger charge is -2.09. The van der Waals surface area contributed by atoms with E-state index in [-0.39, 0.29) is 6.04 Å². The smallest absolute Gasteiger partial charge is 0.119 e. The molecule has 0 saturated carbocycles. The minimum Gasteiger partial charge on any atom is -0.489 e. The van der Waals surface area contributed by atoms with Gasteiger partial charge in [0.05, 0.1) is 0 Å². The summed E-state index contributed by atoms with van der Waals surface area (Å²) in [5.74, 6) is 0.861. The lowest BCUT2D eigenvalue weighted by atomic mass is 10.1. The molecular weight excluding hydrogens is 290 g/mol. The summed E-state index contributed by atoms with van der Waals surface area (Å²) >= 11 is 3.44. The van der Waals surface area contributed by atoms with E-state index in [0.29, 0.717) is 6.61 Å². The van der Waals surface area contributed by atoms with E-state index in [1.165, 1.54) is 0 Å². The third-order valence-corrected chi connectivity index (χ3v) is 3.19. The Morgan fingerprint density at radius 1 is 1.17 bits per heavy atom. The summed E-state index contributed by atoms with van der Waals surface area (Å²) in [5, 5.41) is 0. The molecule has 0 aliphatic heterocycles. The maximum Gasteiger partial charge on any atom is 0.119 e. The van der Waals surface area contributed by atoms with E-state index in [9.17, 15) is 0 Å². The van der Waals surface area contributed by atoms with Gasteiger partial charge in [0, 0.05) is 10.5 Å². The molecule has 0 fully saturated rings. The molecule has 2 N–H and O–H groups in total. The van der Waals surface area contributed by atoms with E-state index in [4.69, 9.17) is 10.5 Å². The van der Waals surface area contributed by atoms with Crippen LogP contribution < -0.4 is 10.5 Å². The topological polar surface area (TPSA) is 35.2 Å². The largest absolute Gasteiger partial charge is 0.489 e. The standard InChI is InChI=1S/C15H16BrNO/c1-11(17)13-5-7-15(8-6-13)18-10-12-3-2-4-14(16)9-12/h2-9,11H,10,17H2,1H3/t11-/m0/s1. The van der Waals surface area contributed by atoms with Gasteiger partial charge in [-0.15, -0.1) is 0 Å². The zero-order valence-corrected chi connectivity index (χ0v) is 11.9. The fourth-order valence-electron chi connectivity index (χ4n) is 1.66. The van der Waals surface area contributed by atoms with Crippen LogP contribution in [0, 0.1) is 0 Å². The van der Waals surface area contributed by atoms with Crippen LogP contribution in [-0.2, 0) is 6.61 Å². The molecule has 0 aliphatic carbocycles. The highest BCUT2D eigenvalue weighted by Gasteiger charge is 2.00. The Morgan fingerprint density at radius 3 is 2.50 bits per heavy atom. The van der Waals surface area contributed by atoms with Gasteiger partial charge in [0.1, 0.15) is 12.4 Å². The van der Waals surface area contributed by atoms with Crippen LogP contribution in [0.4, 0.5) is 0 Å². The normalized spacial score (nSPS) is 12.2. The molecular formula is C15H16BrNO. The molecule has 0 heterocycles. The quantitative estimate of drug-likeness (QED) is 0.925. The molecule has 2 nitrogen and oxygen atoms in total. The van der Waals surface area contributed by atoms with E-state index in [1.54, 1.807) is 0 Å². The van der Waals surface area contributed by atoms with Crippen molar-refractivity contribution >= 4 is 15.9 Å². The molecule has 2 rings (SSSR count). The summed E-state index contributed by atoms with van der Waals surface area (Å²) in [5.41, 5.74) is 8.05. The van der Waals surface area contributed by atoms with Crippen molar-refractivity contribution in [1.82, 2.24) is 0 Å². The average molecular weight is 306 g/mol. The van der Waals surface area contributed by atoms with Gasteiger partial charge in [-0.2, -0.15) is 0 Å². The molecule has 0 aromatic heterocycles. The lowest BCUT2D eigenvalue weighted by Crippen LogP contribution is -2.04. The van der Waals surface area contributed by atoms with Gasteiger partial charge in [-0.05, 0) is 42.3 Å². The molecule has 0 spiro atoms. The van der Waals surface area contributed by atoms with Crippen LogP contribution in [0.3, 0.4) is 0 Å². The predicted molar refractivity (Wildman–Crippen MR) is 77.5 cm³/mol. The summed E-state index contributed by atoms with van der Waals surface area (Å²) in [6, 6.07) is 16.1. The van der Waals surface area contributed by atoms with Gasteiger partial charge in [-0.25, -0.2) is 0 Å². The number of hydrogen-bond acceptors (Lipinski definition) is 2. The van der Waals surface area contributed by atoms with Crippen LogP contribution in [0.25, 0.3) is 0 Å². The zero-order valence-electron chi connectivity index (χ0n) is 10.3. The highest BCUT2D eigenvalue weighted by Crippen LogP contribution is 2.18. The Balaban J connectivity index is 1.98. The highest BCUT2D eigenvalue weighted by atomic mass is 79.9. The number of ether oxygens (including phenoxy) is 1. The van der Waals surface area contributed by atoms with Crippen LogP contribution >= 0.6 is 15.9 Å². The van der Waals surface area contributed by atoms with Crippen molar-refractivity contribution in [2.75, 3.05) is 0 Å². The van der Waals surface area contributed by atoms with Crippen molar-refractivity contribution in [3.63, 3.8) is 0 Å². The molecule has 0 saturated heterocycles. The highest BCUT2D eigenvalue weighted by molar-refractivity contribution is 9.10. The zero-order chi connectivity index (χ0) is 13.0. The second-order valence-corrected chi connectivity index (χ2v) is 5.19. The minimum absolute atomic E-state index is 0.0594. The van der Waals surface area contributed by atoms with Gasteiger partial charge in [-0.1, -0.05) is 40.2 Å². The molecule has 2 aromatic carbocycles. The van der Waals surface area contributed by atoms with E-state index >= 15 is 0 Å². The van der Waals surface area contributed by atoms with Gasteiger partial charge in [-0.3, -0.25) is 0 Å². The molecule has 0 radical (unpaired) electrons. The van der Waals surface area contributed by atoms with Crippen LogP contribution in [-0.4, -0.2) is 0 Å². The fourth-order valence-corrected chi connectivity index (χ4v) is 2.11. The Hall–Kier alpha value is -1.32. The molecule has 0 aliphatic rings. The third kappa shape index (κ3) is 3.59. The Kier molecular flexibility index (Phi) is 4.39. The SMILES string of the molecule is C[C@H](N)c1ccc(OCc2cccc(Br)c2)cc1. The first-order valence-electron chi connectivity index (χ1n) is 5.88. The van der Waals surface area contributed by atoms with Crippen molar-refractivity contribution in [3.05, 3.63) is 64.1 Å². The number of hydrogen-bond donors (Lipinski definition) is 1. The Morgan fingerprint density at radius 2 is 1.89 bits per heavy atom. The van der Waals surface area contributed by atoms with Crippen molar-refractivity contribution in [3.8, 4) is 5.75 Å². The first-order chi connectivity index (χ1) is 8.65. The summed E-state index contributed by atoms with van der Waals surface area (Å²) in [4.78, 5) is 0. The molecule has 1 atom stereocenters. The molecule has 18 heavy (non-hydrogen) atoms. The monoisotopic (exact) mass is 305 g/mol. The minimum atomic E-state index is 0.0594. The van der Waals surface area contributed by atoms with E-state index in [2.05, 4.69) is 22.0 Å². The maximum absolute atomic E-state index is 5.80. The van der Waals surface area contributed by atoms with Crippen LogP contribution in [0.5, 0.6) is 5.75 Å². The fraction of sp³-hybridized carbons (Fsp3) is 0.200. The summed E-state index contributed by atoms with van der Waals surface area (Å²) in [7, 11) is 0. The first kappa shape index (κ1) is 13.1. The van der Waals surface area contributed by atoms with E-state index in [1.807, 2.05) is 49.4 Å². The van der Waals surface area contributed by atoms with Gasteiger partial charge < -0.3 is 10.5 Å². The Labute approximate surface area is 116 Å². The van der Waals surface area contributed by atoms with Crippen LogP contribution in [0.1, 0.15) is 24.1 Å². The van der Waals surface area contributed by atoms with E-state index in [0.717, 1.165) is 21.3 Å². The molecule has 2 aromatic rings. The second kappa shape index (κ2) is 6.03. The van der Waals surface area contributed by atoms with Crippen molar-refractivity contribution in [2.45, 2.75) is 19.6 Å². The average Bonchev–Trinajstić information content (AvgIpc) is 2.37. The van der Waals surface area contributed by atoms with Gasteiger partial charge in [0.25, 0.3) is 0 Å². The predicted octanol–water partition coefficient (Wildman–Crippen LogP) is 4.05. The maximum atomic E-state index is 5.80. The van der Waals surface area contributed by atoms with Crippen molar-refractivity contribution in [1.29, 1.82) is 0 Å². The van der Waals surface area contributed by atoms with Crippen molar-refractivity contribution in [2.24, 2.45) is 5.73 Å². The van der Waals surface area contributed by atoms with Crippen LogP contribution in [0.15, 0.2) is 53.0 Å². The van der Waals surface area contributed by atoms with E-state index < -0.39 is 0 Å². The number of rotatable bonds is 4. The number of halogens is 1. The second-order valence-electron chi connectivity index (χ2n) is 4.28. The number of benzene rings is 2. The van der Waals surface area contributed by atoms with Gasteiger partial charge >= 0.3 is 0 Å². The summed E-state index contributed by atoms with van der Waals surface area (Å²) in [6.45, 7) is 2.54. The van der Waals surface area contributed by atoms with Gasteiger partial charge in [0.15, 0.2) is 0 Å². The molecule has 3 heteroatoms. The molecule has 94 valence electrons. The van der Waals surface area contributed by atoms with Crippen LogP contribution in [0.2, 0.25) is 0 Å². The lowest BCUT2D eigenvalue weighted by molar-refractivity contribution is 0.306. The molecule has 0 amide bonds.